The third kappa shape index (κ3) is 6.67. The highest BCUT2D eigenvalue weighted by molar-refractivity contribution is 4.67. The zero-order valence-electron chi connectivity index (χ0n) is 8.90. The summed E-state index contributed by atoms with van der Waals surface area (Å²) in [5.41, 5.74) is 0. The SMILES string of the molecule is CCC(C)NCCOCC(F)(F)C(F)F. The topological polar surface area (TPSA) is 21.3 Å². The Hall–Kier alpha value is -0.360. The van der Waals surface area contributed by atoms with Gasteiger partial charge in [0, 0.05) is 12.6 Å². The second-order valence-electron chi connectivity index (χ2n) is 3.38. The summed E-state index contributed by atoms with van der Waals surface area (Å²) in [5, 5.41) is 2.99. The zero-order chi connectivity index (χ0) is 11.9. The molecule has 0 heterocycles. The number of ether oxygens (including phenoxy) is 1. The fraction of sp³-hybridized carbons (Fsp3) is 1.00. The van der Waals surface area contributed by atoms with Crippen molar-refractivity contribution in [1.82, 2.24) is 5.32 Å². The minimum atomic E-state index is -4.05. The molecule has 1 unspecified atom stereocenters. The van der Waals surface area contributed by atoms with Gasteiger partial charge in [-0.1, -0.05) is 6.92 Å². The predicted molar refractivity (Wildman–Crippen MR) is 49.5 cm³/mol. The van der Waals surface area contributed by atoms with Crippen molar-refractivity contribution >= 4 is 0 Å². The van der Waals surface area contributed by atoms with Gasteiger partial charge in [-0.15, -0.1) is 0 Å². The maximum Gasteiger partial charge on any atom is 0.330 e. The number of halogens is 4. The number of alkyl halides is 4. The first-order chi connectivity index (χ1) is 6.90. The second-order valence-corrected chi connectivity index (χ2v) is 3.38. The molecule has 0 radical (unpaired) electrons. The lowest BCUT2D eigenvalue weighted by molar-refractivity contribution is -0.165. The smallest absolute Gasteiger partial charge is 0.330 e. The highest BCUT2D eigenvalue weighted by Crippen LogP contribution is 2.22. The number of hydrogen-bond donors (Lipinski definition) is 1. The van der Waals surface area contributed by atoms with Crippen molar-refractivity contribution < 1.29 is 22.3 Å². The molecular weight excluding hydrogens is 214 g/mol. The van der Waals surface area contributed by atoms with Gasteiger partial charge in [0.05, 0.1) is 6.61 Å². The van der Waals surface area contributed by atoms with Crippen molar-refractivity contribution in [3.8, 4) is 0 Å². The van der Waals surface area contributed by atoms with Crippen LogP contribution in [0.5, 0.6) is 0 Å². The maximum absolute atomic E-state index is 12.3. The standard InChI is InChI=1S/C9H17F4NO/c1-3-7(2)14-4-5-15-6-9(12,13)8(10)11/h7-8,14H,3-6H2,1-2H3. The van der Waals surface area contributed by atoms with E-state index in [9.17, 15) is 17.6 Å². The van der Waals surface area contributed by atoms with Crippen LogP contribution >= 0.6 is 0 Å². The fourth-order valence-corrected chi connectivity index (χ4v) is 0.793. The van der Waals surface area contributed by atoms with Gasteiger partial charge in [0.1, 0.15) is 6.61 Å². The third-order valence-corrected chi connectivity index (χ3v) is 1.97. The van der Waals surface area contributed by atoms with E-state index in [1.54, 1.807) is 0 Å². The van der Waals surface area contributed by atoms with Crippen LogP contribution in [0.25, 0.3) is 0 Å². The van der Waals surface area contributed by atoms with Crippen molar-refractivity contribution in [2.45, 2.75) is 38.7 Å². The molecule has 0 amide bonds. The van der Waals surface area contributed by atoms with Gasteiger partial charge in [-0.05, 0) is 13.3 Å². The van der Waals surface area contributed by atoms with Gasteiger partial charge in [-0.2, -0.15) is 8.78 Å². The van der Waals surface area contributed by atoms with E-state index in [4.69, 9.17) is 0 Å². The number of rotatable bonds is 8. The van der Waals surface area contributed by atoms with Crippen LogP contribution in [-0.4, -0.2) is 38.1 Å². The lowest BCUT2D eigenvalue weighted by atomic mass is 10.3. The highest BCUT2D eigenvalue weighted by Gasteiger charge is 2.40. The van der Waals surface area contributed by atoms with Gasteiger partial charge in [0.2, 0.25) is 0 Å². The molecule has 0 rings (SSSR count). The number of hydrogen-bond acceptors (Lipinski definition) is 2. The Kier molecular flexibility index (Phi) is 6.84. The summed E-state index contributed by atoms with van der Waals surface area (Å²) in [5.74, 6) is -4.05. The molecule has 0 aromatic rings. The average molecular weight is 231 g/mol. The van der Waals surface area contributed by atoms with E-state index in [0.29, 0.717) is 6.54 Å². The van der Waals surface area contributed by atoms with E-state index in [1.807, 2.05) is 13.8 Å². The Morgan fingerprint density at radius 2 is 1.93 bits per heavy atom. The first-order valence-corrected chi connectivity index (χ1v) is 4.87. The monoisotopic (exact) mass is 231 g/mol. The lowest BCUT2D eigenvalue weighted by Gasteiger charge is -2.16. The molecule has 2 nitrogen and oxygen atoms in total. The first-order valence-electron chi connectivity index (χ1n) is 4.87. The molecule has 1 N–H and O–H groups in total. The Bertz CT molecular complexity index is 166. The van der Waals surface area contributed by atoms with E-state index in [0.717, 1.165) is 6.42 Å². The third-order valence-electron chi connectivity index (χ3n) is 1.97. The molecule has 0 bridgehead atoms. The van der Waals surface area contributed by atoms with Crippen LogP contribution in [0, 0.1) is 0 Å². The zero-order valence-corrected chi connectivity index (χ0v) is 8.90. The molecule has 0 saturated heterocycles. The molecule has 0 aliphatic rings. The summed E-state index contributed by atoms with van der Waals surface area (Å²) in [6, 6.07) is 0.268. The Balaban J connectivity index is 3.46. The van der Waals surface area contributed by atoms with Gasteiger partial charge in [-0.3, -0.25) is 0 Å². The van der Waals surface area contributed by atoms with Gasteiger partial charge < -0.3 is 10.1 Å². The minimum absolute atomic E-state index is 0.00660. The molecule has 0 fully saturated rings. The van der Waals surface area contributed by atoms with E-state index in [-0.39, 0.29) is 12.6 Å². The van der Waals surface area contributed by atoms with Crippen LogP contribution in [0.15, 0.2) is 0 Å². The molecule has 1 atom stereocenters. The maximum atomic E-state index is 12.3. The van der Waals surface area contributed by atoms with Crippen molar-refractivity contribution in [3.63, 3.8) is 0 Å². The summed E-state index contributed by atoms with van der Waals surface area (Å²) in [7, 11) is 0. The molecule has 6 heteroatoms. The van der Waals surface area contributed by atoms with E-state index in [1.165, 1.54) is 0 Å². The van der Waals surface area contributed by atoms with E-state index in [2.05, 4.69) is 10.1 Å². The van der Waals surface area contributed by atoms with Gasteiger partial charge in [0.15, 0.2) is 0 Å². The average Bonchev–Trinajstić information content (AvgIpc) is 2.16. The lowest BCUT2D eigenvalue weighted by Crippen LogP contribution is -2.34. The predicted octanol–water partition coefficient (Wildman–Crippen LogP) is 2.29. The summed E-state index contributed by atoms with van der Waals surface area (Å²) in [6.07, 6.45) is -2.76. The summed E-state index contributed by atoms with van der Waals surface area (Å²) in [4.78, 5) is 0. The van der Waals surface area contributed by atoms with Crippen molar-refractivity contribution in [3.05, 3.63) is 0 Å². The Labute approximate surface area is 87.0 Å². The van der Waals surface area contributed by atoms with Gasteiger partial charge in [0.25, 0.3) is 0 Å². The molecule has 92 valence electrons. The Morgan fingerprint density at radius 3 is 2.40 bits per heavy atom. The van der Waals surface area contributed by atoms with E-state index >= 15 is 0 Å². The van der Waals surface area contributed by atoms with Crippen molar-refractivity contribution in [1.29, 1.82) is 0 Å². The molecule has 0 saturated carbocycles. The van der Waals surface area contributed by atoms with Crippen molar-refractivity contribution in [2.75, 3.05) is 19.8 Å². The molecule has 0 aliphatic heterocycles. The van der Waals surface area contributed by atoms with Crippen LogP contribution in [0.2, 0.25) is 0 Å². The molecule has 0 aliphatic carbocycles. The highest BCUT2D eigenvalue weighted by atomic mass is 19.3. The van der Waals surface area contributed by atoms with Crippen LogP contribution in [-0.2, 0) is 4.74 Å². The van der Waals surface area contributed by atoms with E-state index < -0.39 is 19.0 Å². The van der Waals surface area contributed by atoms with Gasteiger partial charge in [-0.25, -0.2) is 8.78 Å². The fourth-order valence-electron chi connectivity index (χ4n) is 0.793. The largest absolute Gasteiger partial charge is 0.374 e. The molecular formula is C9H17F4NO. The summed E-state index contributed by atoms with van der Waals surface area (Å²) in [6.45, 7) is 3.07. The first kappa shape index (κ1) is 14.6. The van der Waals surface area contributed by atoms with Crippen LogP contribution in [0.3, 0.4) is 0 Å². The Morgan fingerprint density at radius 1 is 1.33 bits per heavy atom. The molecule has 0 aromatic carbocycles. The quantitative estimate of drug-likeness (QED) is 0.511. The molecule has 0 spiro atoms. The summed E-state index contributed by atoms with van der Waals surface area (Å²) >= 11 is 0. The van der Waals surface area contributed by atoms with Crippen molar-refractivity contribution in [2.24, 2.45) is 0 Å². The normalized spacial score (nSPS) is 14.6. The summed E-state index contributed by atoms with van der Waals surface area (Å²) < 4.78 is 52.4. The second kappa shape index (κ2) is 7.00. The van der Waals surface area contributed by atoms with Crippen LogP contribution in [0.1, 0.15) is 20.3 Å². The number of nitrogens with one attached hydrogen (secondary N) is 1. The minimum Gasteiger partial charge on any atom is -0.374 e. The van der Waals surface area contributed by atoms with Crippen LogP contribution in [0.4, 0.5) is 17.6 Å². The van der Waals surface area contributed by atoms with Crippen LogP contribution < -0.4 is 5.32 Å². The molecule has 0 aromatic heterocycles. The molecule has 15 heavy (non-hydrogen) atoms. The van der Waals surface area contributed by atoms with Gasteiger partial charge >= 0.3 is 12.3 Å².